The monoisotopic (exact) mass is 509 g/mol. The minimum absolute atomic E-state index is 0.0139. The second kappa shape index (κ2) is 17.0. The first-order chi connectivity index (χ1) is 17.0. The second-order valence-corrected chi connectivity index (χ2v) is 10.1. The van der Waals surface area contributed by atoms with Crippen molar-refractivity contribution in [2.75, 3.05) is 85.1 Å². The molecule has 3 saturated heterocycles. The number of nitrogens with one attached hydrogen (secondary N) is 9. The summed E-state index contributed by atoms with van der Waals surface area (Å²) in [6.45, 7) is 11.6. The summed E-state index contributed by atoms with van der Waals surface area (Å²) in [7, 11) is 0. The Balaban J connectivity index is 2.03. The van der Waals surface area contributed by atoms with E-state index in [9.17, 15) is 4.79 Å². The predicted octanol–water partition coefficient (Wildman–Crippen LogP) is -2.18. The summed E-state index contributed by atoms with van der Waals surface area (Å²) in [4.78, 5) is 12.0. The number of carbonyl (C=O) groups excluding carboxylic acids is 1. The standard InChI is InChI=1S/C24H47N9OS/c1-3-4-5-6-7-8-31-22(35)33-24-18-28-12-9-25-15-23(32-21(2)34,16-26-10-13-29-19-24)17-27-11-14-30-20-24/h1,25-30H,4-20H2,2H3,(H,32,34)(H2,31,33,35). The first-order valence-electron chi connectivity index (χ1n) is 13.0. The van der Waals surface area contributed by atoms with Gasteiger partial charge in [-0.25, -0.2) is 0 Å². The van der Waals surface area contributed by atoms with Gasteiger partial charge in [0.15, 0.2) is 5.11 Å². The molecule has 3 fully saturated rings. The van der Waals surface area contributed by atoms with E-state index in [2.05, 4.69) is 53.8 Å². The number of thiocarbonyl (C=S) groups is 1. The lowest BCUT2D eigenvalue weighted by Gasteiger charge is -2.39. The molecule has 200 valence electrons. The Morgan fingerprint density at radius 2 is 1.20 bits per heavy atom. The van der Waals surface area contributed by atoms with Gasteiger partial charge in [-0.05, 0) is 25.1 Å². The van der Waals surface area contributed by atoms with Crippen LogP contribution in [-0.2, 0) is 4.79 Å². The number of terminal acetylenes is 1. The van der Waals surface area contributed by atoms with Crippen molar-refractivity contribution in [3.8, 4) is 12.3 Å². The molecule has 0 atom stereocenters. The van der Waals surface area contributed by atoms with Gasteiger partial charge < -0.3 is 47.9 Å². The van der Waals surface area contributed by atoms with Crippen molar-refractivity contribution < 1.29 is 4.79 Å². The van der Waals surface area contributed by atoms with Crippen molar-refractivity contribution in [3.05, 3.63) is 0 Å². The fourth-order valence-electron chi connectivity index (χ4n) is 4.53. The van der Waals surface area contributed by atoms with Gasteiger partial charge in [-0.1, -0.05) is 6.42 Å². The van der Waals surface area contributed by atoms with Crippen LogP contribution in [0.2, 0.25) is 0 Å². The average molecular weight is 510 g/mol. The Labute approximate surface area is 217 Å². The third-order valence-corrected chi connectivity index (χ3v) is 6.57. The van der Waals surface area contributed by atoms with Gasteiger partial charge in [-0.15, -0.1) is 12.3 Å². The summed E-state index contributed by atoms with van der Waals surface area (Å²) in [5.41, 5.74) is -0.661. The molecule has 10 nitrogen and oxygen atoms in total. The van der Waals surface area contributed by atoms with Crippen molar-refractivity contribution in [2.45, 2.75) is 43.7 Å². The molecule has 1 amide bonds. The predicted molar refractivity (Wildman–Crippen MR) is 148 cm³/mol. The van der Waals surface area contributed by atoms with Crippen molar-refractivity contribution >= 4 is 23.2 Å². The lowest BCUT2D eigenvalue weighted by Crippen LogP contribution is -2.68. The topological polar surface area (TPSA) is 125 Å². The zero-order valence-electron chi connectivity index (χ0n) is 21.4. The summed E-state index contributed by atoms with van der Waals surface area (Å²) in [5.74, 6) is 2.68. The minimum Gasteiger partial charge on any atom is -0.363 e. The Morgan fingerprint density at radius 3 is 1.60 bits per heavy atom. The van der Waals surface area contributed by atoms with E-state index in [0.29, 0.717) is 24.7 Å². The molecule has 3 aliphatic rings. The molecule has 11 heteroatoms. The summed E-state index contributed by atoms with van der Waals surface area (Å²) in [6.07, 6.45) is 9.38. The number of fused-ring (bicyclic) bond motifs is 15. The fourth-order valence-corrected chi connectivity index (χ4v) is 4.84. The second-order valence-electron chi connectivity index (χ2n) is 9.70. The van der Waals surface area contributed by atoms with E-state index in [0.717, 1.165) is 91.1 Å². The van der Waals surface area contributed by atoms with E-state index in [1.807, 2.05) is 0 Å². The summed E-state index contributed by atoms with van der Waals surface area (Å²) in [5, 5.41) is 32.3. The third kappa shape index (κ3) is 12.3. The van der Waals surface area contributed by atoms with Crippen LogP contribution in [0.15, 0.2) is 0 Å². The molecule has 0 aromatic rings. The Bertz CT molecular complexity index is 626. The maximum atomic E-state index is 12.0. The van der Waals surface area contributed by atoms with Gasteiger partial charge in [0.2, 0.25) is 5.91 Å². The lowest BCUT2D eigenvalue weighted by atomic mass is 9.97. The maximum Gasteiger partial charge on any atom is 0.217 e. The van der Waals surface area contributed by atoms with Crippen LogP contribution < -0.4 is 47.9 Å². The van der Waals surface area contributed by atoms with Gasteiger partial charge in [-0.3, -0.25) is 4.79 Å². The molecule has 0 spiro atoms. The van der Waals surface area contributed by atoms with E-state index < -0.39 is 0 Å². The third-order valence-electron chi connectivity index (χ3n) is 6.32. The van der Waals surface area contributed by atoms with Gasteiger partial charge >= 0.3 is 0 Å². The van der Waals surface area contributed by atoms with E-state index in [1.165, 1.54) is 0 Å². The Kier molecular flexibility index (Phi) is 14.5. The molecule has 0 aromatic heterocycles. The Morgan fingerprint density at radius 1 is 0.771 bits per heavy atom. The molecule has 0 aliphatic carbocycles. The molecule has 0 radical (unpaired) electrons. The molecular weight excluding hydrogens is 462 g/mol. The zero-order chi connectivity index (χ0) is 25.2. The highest BCUT2D eigenvalue weighted by Gasteiger charge is 2.32. The van der Waals surface area contributed by atoms with Crippen LogP contribution in [0, 0.1) is 12.3 Å². The molecule has 3 aliphatic heterocycles. The van der Waals surface area contributed by atoms with Gasteiger partial charge in [0.05, 0.1) is 11.1 Å². The lowest BCUT2D eigenvalue weighted by molar-refractivity contribution is -0.120. The van der Waals surface area contributed by atoms with Crippen LogP contribution >= 0.6 is 12.2 Å². The van der Waals surface area contributed by atoms with Crippen molar-refractivity contribution in [1.29, 1.82) is 0 Å². The number of hydrogen-bond donors (Lipinski definition) is 9. The van der Waals surface area contributed by atoms with Crippen LogP contribution in [0.5, 0.6) is 0 Å². The average Bonchev–Trinajstić information content (AvgIpc) is 2.82. The van der Waals surface area contributed by atoms with Crippen LogP contribution in [0.1, 0.15) is 32.6 Å². The first kappa shape index (κ1) is 29.7. The van der Waals surface area contributed by atoms with Gasteiger partial charge in [-0.2, -0.15) is 0 Å². The van der Waals surface area contributed by atoms with Gasteiger partial charge in [0, 0.05) is 98.4 Å². The van der Waals surface area contributed by atoms with Crippen LogP contribution in [0.25, 0.3) is 0 Å². The number of hydrogen-bond acceptors (Lipinski definition) is 8. The highest BCUT2D eigenvalue weighted by Crippen LogP contribution is 2.05. The van der Waals surface area contributed by atoms with Crippen LogP contribution in [0.4, 0.5) is 0 Å². The number of unbranched alkanes of at least 4 members (excludes halogenated alkanes) is 3. The van der Waals surface area contributed by atoms with Crippen molar-refractivity contribution in [2.24, 2.45) is 0 Å². The first-order valence-corrected chi connectivity index (χ1v) is 13.4. The molecule has 0 aromatic carbocycles. The van der Waals surface area contributed by atoms with E-state index >= 15 is 0 Å². The van der Waals surface area contributed by atoms with Crippen LogP contribution in [-0.4, -0.2) is 107 Å². The number of amides is 1. The largest absolute Gasteiger partial charge is 0.363 e. The molecule has 0 unspecified atom stereocenters. The summed E-state index contributed by atoms with van der Waals surface area (Å²) >= 11 is 5.68. The van der Waals surface area contributed by atoms with Crippen molar-refractivity contribution in [1.82, 2.24) is 47.9 Å². The normalized spacial score (nSPS) is 27.1. The molecule has 35 heavy (non-hydrogen) atoms. The molecule has 2 bridgehead atoms. The van der Waals surface area contributed by atoms with E-state index in [1.54, 1.807) is 6.92 Å². The molecule has 3 rings (SSSR count). The van der Waals surface area contributed by atoms with Gasteiger partial charge in [0.1, 0.15) is 0 Å². The fraction of sp³-hybridized carbons (Fsp3) is 0.833. The molecular formula is C24H47N9OS. The molecule has 3 heterocycles. The Hall–Kier alpha value is -1.52. The summed E-state index contributed by atoms with van der Waals surface area (Å²) < 4.78 is 0. The highest BCUT2D eigenvalue weighted by molar-refractivity contribution is 7.80. The quantitative estimate of drug-likeness (QED) is 0.106. The highest BCUT2D eigenvalue weighted by atomic mass is 32.1. The van der Waals surface area contributed by atoms with Crippen LogP contribution in [0.3, 0.4) is 0 Å². The minimum atomic E-state index is -0.385. The van der Waals surface area contributed by atoms with Gasteiger partial charge in [0.25, 0.3) is 0 Å². The number of rotatable bonds is 7. The molecule has 9 N–H and O–H groups in total. The SMILES string of the molecule is C#CCCCCCNC(=S)NC12CNCCNCC(NC(C)=O)(CNCCNC1)CNCCNC2. The zero-order valence-corrected chi connectivity index (χ0v) is 22.2. The number of carbonyl (C=O) groups is 1. The maximum absolute atomic E-state index is 12.0. The van der Waals surface area contributed by atoms with E-state index in [4.69, 9.17) is 18.6 Å². The van der Waals surface area contributed by atoms with E-state index in [-0.39, 0.29) is 17.0 Å². The molecule has 0 saturated carbocycles. The smallest absolute Gasteiger partial charge is 0.217 e. The summed E-state index contributed by atoms with van der Waals surface area (Å²) in [6, 6.07) is 0. The van der Waals surface area contributed by atoms with Crippen molar-refractivity contribution in [3.63, 3.8) is 0 Å².